The fraction of sp³-hybridized carbons (Fsp3) is 0.211. The van der Waals surface area contributed by atoms with Crippen molar-refractivity contribution in [3.63, 3.8) is 0 Å². The van der Waals surface area contributed by atoms with Gasteiger partial charge in [-0.05, 0) is 36.8 Å². The van der Waals surface area contributed by atoms with Crippen LogP contribution in [0.15, 0.2) is 42.7 Å². The summed E-state index contributed by atoms with van der Waals surface area (Å²) in [5.74, 6) is -0.587. The highest BCUT2D eigenvalue weighted by molar-refractivity contribution is 6.01. The quantitative estimate of drug-likeness (QED) is 0.513. The second-order valence-electron chi connectivity index (χ2n) is 5.62. The van der Waals surface area contributed by atoms with Crippen molar-refractivity contribution in [3.8, 4) is 23.1 Å². The van der Waals surface area contributed by atoms with Crippen LogP contribution in [0.2, 0.25) is 0 Å². The summed E-state index contributed by atoms with van der Waals surface area (Å²) in [5.41, 5.74) is -0.329. The van der Waals surface area contributed by atoms with Gasteiger partial charge in [-0.15, -0.1) is 0 Å². The molecule has 0 unspecified atom stereocenters. The maximum Gasteiger partial charge on any atom is 0.360 e. The molecule has 0 amide bonds. The number of aromatic nitrogens is 2. The number of carbonyl (C=O) groups is 1. The lowest BCUT2D eigenvalue weighted by atomic mass is 10.1. The molecule has 2 heterocycles. The number of unbranched alkanes of at least 4 members (excludes halogenated alkanes) is 1. The molecule has 0 saturated heterocycles. The van der Waals surface area contributed by atoms with Gasteiger partial charge in [0.2, 0.25) is 5.88 Å². The van der Waals surface area contributed by atoms with Crippen LogP contribution in [0.3, 0.4) is 0 Å². The molecule has 0 aliphatic rings. The number of benzene rings is 1. The molecule has 2 N–H and O–H groups in total. The highest BCUT2D eigenvalue weighted by Gasteiger charge is 2.20. The van der Waals surface area contributed by atoms with Crippen LogP contribution in [0.25, 0.3) is 10.8 Å². The summed E-state index contributed by atoms with van der Waals surface area (Å²) in [6.07, 6.45) is 4.74. The van der Waals surface area contributed by atoms with Crippen LogP contribution in [0, 0.1) is 0 Å². The minimum Gasteiger partial charge on any atom is -0.505 e. The number of aromatic hydroxyl groups is 2. The fourth-order valence-electron chi connectivity index (χ4n) is 2.39. The van der Waals surface area contributed by atoms with Crippen LogP contribution < -0.4 is 4.74 Å². The maximum absolute atomic E-state index is 12.1. The summed E-state index contributed by atoms with van der Waals surface area (Å²) in [4.78, 5) is 19.9. The van der Waals surface area contributed by atoms with Crippen LogP contribution in [0.4, 0.5) is 0 Å². The fourth-order valence-corrected chi connectivity index (χ4v) is 2.39. The summed E-state index contributed by atoms with van der Waals surface area (Å²) in [7, 11) is 0. The lowest BCUT2D eigenvalue weighted by Gasteiger charge is -2.11. The first-order valence-corrected chi connectivity index (χ1v) is 8.21. The Hall–Kier alpha value is -3.35. The number of nitrogens with zero attached hydrogens (tertiary/aromatic N) is 2. The molecule has 0 atom stereocenters. The van der Waals surface area contributed by atoms with E-state index in [0.29, 0.717) is 23.3 Å². The Morgan fingerprint density at radius 3 is 2.73 bits per heavy atom. The molecule has 7 nitrogen and oxygen atoms in total. The van der Waals surface area contributed by atoms with Crippen molar-refractivity contribution in [2.24, 2.45) is 0 Å². The summed E-state index contributed by atoms with van der Waals surface area (Å²) in [5, 5.41) is 21.1. The standard InChI is InChI=1S/C19H18N2O5/c1-2-3-9-25-19(24)16-17(22)15-10-12(6-7-14(15)18(23)21-16)26-13-5-4-8-20-11-13/h4-8,10-11,22H,2-3,9H2,1H3,(H,21,23). The van der Waals surface area contributed by atoms with E-state index >= 15 is 0 Å². The van der Waals surface area contributed by atoms with E-state index in [1.165, 1.54) is 6.07 Å². The van der Waals surface area contributed by atoms with E-state index in [1.54, 1.807) is 36.7 Å². The number of hydrogen-bond donors (Lipinski definition) is 2. The molecule has 0 radical (unpaired) electrons. The molecular formula is C19H18N2O5. The van der Waals surface area contributed by atoms with Gasteiger partial charge in [0.1, 0.15) is 11.5 Å². The maximum atomic E-state index is 12.1. The highest BCUT2D eigenvalue weighted by atomic mass is 16.5. The van der Waals surface area contributed by atoms with Crippen LogP contribution in [-0.4, -0.2) is 32.8 Å². The Labute approximate surface area is 149 Å². The van der Waals surface area contributed by atoms with Crippen molar-refractivity contribution >= 4 is 16.7 Å². The molecule has 26 heavy (non-hydrogen) atoms. The average Bonchev–Trinajstić information content (AvgIpc) is 2.65. The monoisotopic (exact) mass is 354 g/mol. The van der Waals surface area contributed by atoms with Crippen LogP contribution >= 0.6 is 0 Å². The van der Waals surface area contributed by atoms with Gasteiger partial charge < -0.3 is 19.7 Å². The van der Waals surface area contributed by atoms with Gasteiger partial charge in [0, 0.05) is 17.0 Å². The van der Waals surface area contributed by atoms with Crippen molar-refractivity contribution in [2.75, 3.05) is 6.61 Å². The number of carbonyl (C=O) groups excluding carboxylic acids is 1. The normalized spacial score (nSPS) is 10.7. The second-order valence-corrected chi connectivity index (χ2v) is 5.62. The molecule has 3 aromatic rings. The van der Waals surface area contributed by atoms with Gasteiger partial charge in [0.25, 0.3) is 0 Å². The topological polar surface area (TPSA) is 102 Å². The van der Waals surface area contributed by atoms with E-state index in [1.807, 2.05) is 6.92 Å². The van der Waals surface area contributed by atoms with E-state index in [9.17, 15) is 15.0 Å². The Balaban J connectivity index is 1.96. The predicted octanol–water partition coefficient (Wildman–Crippen LogP) is 3.79. The number of ether oxygens (including phenoxy) is 2. The van der Waals surface area contributed by atoms with E-state index in [4.69, 9.17) is 9.47 Å². The van der Waals surface area contributed by atoms with E-state index in [-0.39, 0.29) is 29.3 Å². The Bertz CT molecular complexity index is 928. The first kappa shape index (κ1) is 17.5. The van der Waals surface area contributed by atoms with Crippen LogP contribution in [-0.2, 0) is 4.74 Å². The van der Waals surface area contributed by atoms with Gasteiger partial charge in [-0.3, -0.25) is 4.98 Å². The van der Waals surface area contributed by atoms with Gasteiger partial charge in [0.15, 0.2) is 11.4 Å². The zero-order valence-corrected chi connectivity index (χ0v) is 14.2. The number of hydrogen-bond acceptors (Lipinski definition) is 7. The third-order valence-electron chi connectivity index (χ3n) is 3.72. The number of rotatable bonds is 6. The molecule has 1 aromatic carbocycles. The van der Waals surface area contributed by atoms with Gasteiger partial charge in [0.05, 0.1) is 12.8 Å². The Kier molecular flexibility index (Phi) is 5.17. The van der Waals surface area contributed by atoms with Crippen LogP contribution in [0.1, 0.15) is 30.3 Å². The van der Waals surface area contributed by atoms with Gasteiger partial charge in [-0.2, -0.15) is 0 Å². The van der Waals surface area contributed by atoms with Crippen molar-refractivity contribution < 1.29 is 24.5 Å². The SMILES string of the molecule is CCCCOC(=O)c1nc(O)c2ccc(Oc3cccnc3)cc2c1O. The third-order valence-corrected chi connectivity index (χ3v) is 3.72. The van der Waals surface area contributed by atoms with Crippen molar-refractivity contribution in [3.05, 3.63) is 48.4 Å². The molecule has 134 valence electrons. The number of pyridine rings is 2. The lowest BCUT2D eigenvalue weighted by molar-refractivity contribution is 0.0488. The van der Waals surface area contributed by atoms with Crippen LogP contribution in [0.5, 0.6) is 23.1 Å². The van der Waals surface area contributed by atoms with Gasteiger partial charge in [-0.25, -0.2) is 9.78 Å². The van der Waals surface area contributed by atoms with E-state index < -0.39 is 5.97 Å². The van der Waals surface area contributed by atoms with E-state index in [0.717, 1.165) is 6.42 Å². The molecule has 2 aromatic heterocycles. The Morgan fingerprint density at radius 2 is 2.00 bits per heavy atom. The Morgan fingerprint density at radius 1 is 1.15 bits per heavy atom. The first-order valence-electron chi connectivity index (χ1n) is 8.21. The van der Waals surface area contributed by atoms with Crippen molar-refractivity contribution in [1.29, 1.82) is 0 Å². The van der Waals surface area contributed by atoms with E-state index in [2.05, 4.69) is 9.97 Å². The second kappa shape index (κ2) is 7.69. The highest BCUT2D eigenvalue weighted by Crippen LogP contribution is 2.36. The summed E-state index contributed by atoms with van der Waals surface area (Å²) < 4.78 is 10.7. The molecule has 7 heteroatoms. The first-order chi connectivity index (χ1) is 12.6. The average molecular weight is 354 g/mol. The molecule has 0 bridgehead atoms. The molecular weight excluding hydrogens is 336 g/mol. The lowest BCUT2D eigenvalue weighted by Crippen LogP contribution is -2.09. The molecule has 0 fully saturated rings. The zero-order chi connectivity index (χ0) is 18.5. The minimum absolute atomic E-state index is 0.222. The molecule has 3 rings (SSSR count). The van der Waals surface area contributed by atoms with Crippen molar-refractivity contribution in [1.82, 2.24) is 9.97 Å². The smallest absolute Gasteiger partial charge is 0.360 e. The summed E-state index contributed by atoms with van der Waals surface area (Å²) in [6, 6.07) is 8.15. The summed E-state index contributed by atoms with van der Waals surface area (Å²) in [6.45, 7) is 2.19. The number of esters is 1. The largest absolute Gasteiger partial charge is 0.505 e. The predicted molar refractivity (Wildman–Crippen MR) is 94.6 cm³/mol. The molecule has 0 aliphatic heterocycles. The third kappa shape index (κ3) is 3.66. The minimum atomic E-state index is -0.785. The van der Waals surface area contributed by atoms with Gasteiger partial charge in [-0.1, -0.05) is 13.3 Å². The summed E-state index contributed by atoms with van der Waals surface area (Å²) >= 11 is 0. The van der Waals surface area contributed by atoms with Gasteiger partial charge >= 0.3 is 5.97 Å². The van der Waals surface area contributed by atoms with Crippen molar-refractivity contribution in [2.45, 2.75) is 19.8 Å². The molecule has 0 spiro atoms. The zero-order valence-electron chi connectivity index (χ0n) is 14.2. The molecule has 0 aliphatic carbocycles. The number of fused-ring (bicyclic) bond motifs is 1. The molecule has 0 saturated carbocycles.